The first-order valence-corrected chi connectivity index (χ1v) is 10.3. The van der Waals surface area contributed by atoms with Gasteiger partial charge < -0.3 is 19.5 Å². The lowest BCUT2D eigenvalue weighted by Gasteiger charge is -2.28. The minimum atomic E-state index is -0.394. The van der Waals surface area contributed by atoms with E-state index < -0.39 is 5.97 Å². The van der Waals surface area contributed by atoms with Crippen LogP contribution in [0.3, 0.4) is 0 Å². The van der Waals surface area contributed by atoms with Crippen LogP contribution in [0.25, 0.3) is 0 Å². The highest BCUT2D eigenvalue weighted by atomic mass is 16.5. The van der Waals surface area contributed by atoms with Crippen molar-refractivity contribution in [2.24, 2.45) is 0 Å². The van der Waals surface area contributed by atoms with Crippen molar-refractivity contribution in [1.29, 1.82) is 0 Å². The molecule has 1 amide bonds. The number of phenolic OH excluding ortho intramolecular Hbond substituents is 1. The maximum absolute atomic E-state index is 12.2. The summed E-state index contributed by atoms with van der Waals surface area (Å²) in [6.07, 6.45) is 0.686. The Bertz CT molecular complexity index is 702. The highest BCUT2D eigenvalue weighted by Crippen LogP contribution is 2.39. The number of hydrogen-bond acceptors (Lipinski definition) is 5. The molecule has 1 aliphatic rings. The molecule has 1 aliphatic heterocycles. The van der Waals surface area contributed by atoms with Gasteiger partial charge in [-0.1, -0.05) is 53.7 Å². The maximum Gasteiger partial charge on any atom is 0.306 e. The van der Waals surface area contributed by atoms with Gasteiger partial charge in [-0.15, -0.1) is 0 Å². The molecule has 0 saturated carbocycles. The summed E-state index contributed by atoms with van der Waals surface area (Å²) >= 11 is 0. The smallest absolute Gasteiger partial charge is 0.306 e. The number of carbonyl (C=O) groups excluding carboxylic acids is 2. The molecule has 0 atom stereocenters. The van der Waals surface area contributed by atoms with Crippen LogP contribution in [0.1, 0.15) is 64.7 Å². The summed E-state index contributed by atoms with van der Waals surface area (Å²) in [4.78, 5) is 25.9. The molecule has 1 aromatic rings. The quantitative estimate of drug-likeness (QED) is 0.761. The normalized spacial score (nSPS) is 15.3. The van der Waals surface area contributed by atoms with Crippen molar-refractivity contribution in [3.05, 3.63) is 28.8 Å². The largest absolute Gasteiger partial charge is 0.507 e. The van der Waals surface area contributed by atoms with Gasteiger partial charge >= 0.3 is 5.97 Å². The Hall–Kier alpha value is -2.08. The third kappa shape index (κ3) is 6.46. The number of hydrogen-bond donors (Lipinski definition) is 1. The van der Waals surface area contributed by atoms with Crippen LogP contribution in [0, 0.1) is 0 Å². The van der Waals surface area contributed by atoms with Crippen LogP contribution in [0.2, 0.25) is 0 Å². The lowest BCUT2D eigenvalue weighted by Crippen LogP contribution is -2.42. The van der Waals surface area contributed by atoms with E-state index in [0.717, 1.165) is 16.7 Å². The van der Waals surface area contributed by atoms with Crippen molar-refractivity contribution in [3.8, 4) is 5.75 Å². The topological polar surface area (TPSA) is 76.1 Å². The van der Waals surface area contributed by atoms with Crippen molar-refractivity contribution in [2.45, 2.75) is 65.2 Å². The van der Waals surface area contributed by atoms with Gasteiger partial charge in [-0.25, -0.2) is 0 Å². The van der Waals surface area contributed by atoms with Crippen molar-refractivity contribution in [3.63, 3.8) is 0 Å². The van der Waals surface area contributed by atoms with E-state index in [1.807, 2.05) is 12.1 Å². The molecule has 2 rings (SSSR count). The average Bonchev–Trinajstić information content (AvgIpc) is 2.64. The van der Waals surface area contributed by atoms with Crippen LogP contribution in [0.15, 0.2) is 12.1 Å². The van der Waals surface area contributed by atoms with Gasteiger partial charge in [0, 0.05) is 19.5 Å². The fraction of sp³-hybridized carbons (Fsp3) is 0.652. The van der Waals surface area contributed by atoms with Gasteiger partial charge in [0.1, 0.15) is 5.75 Å². The first-order valence-electron chi connectivity index (χ1n) is 10.3. The van der Waals surface area contributed by atoms with Gasteiger partial charge in [0.05, 0.1) is 13.2 Å². The van der Waals surface area contributed by atoms with Gasteiger partial charge in [-0.05, 0) is 33.9 Å². The zero-order valence-electron chi connectivity index (χ0n) is 18.6. The minimum absolute atomic E-state index is 0.184. The van der Waals surface area contributed by atoms with Crippen LogP contribution in [-0.2, 0) is 36.3 Å². The van der Waals surface area contributed by atoms with Crippen LogP contribution in [-0.4, -0.2) is 54.8 Å². The number of amides is 1. The van der Waals surface area contributed by atoms with Gasteiger partial charge in [0.2, 0.25) is 0 Å². The summed E-state index contributed by atoms with van der Waals surface area (Å²) in [5, 5.41) is 10.8. The zero-order chi connectivity index (χ0) is 21.8. The molecule has 1 saturated heterocycles. The summed E-state index contributed by atoms with van der Waals surface area (Å²) in [7, 11) is 0. The second kappa shape index (κ2) is 9.16. The Labute approximate surface area is 174 Å². The zero-order valence-corrected chi connectivity index (χ0v) is 18.6. The number of rotatable bonds is 5. The number of benzene rings is 1. The van der Waals surface area contributed by atoms with Gasteiger partial charge in [-0.2, -0.15) is 0 Å². The fourth-order valence-corrected chi connectivity index (χ4v) is 3.35. The molecule has 6 heteroatoms. The molecule has 1 fully saturated rings. The third-order valence-corrected chi connectivity index (χ3v) is 5.12. The summed E-state index contributed by atoms with van der Waals surface area (Å²) in [5.41, 5.74) is 2.29. The molecule has 0 bridgehead atoms. The molecule has 162 valence electrons. The Morgan fingerprint density at radius 3 is 2.03 bits per heavy atom. The molecule has 0 aromatic heterocycles. The van der Waals surface area contributed by atoms with Gasteiger partial charge in [-0.3, -0.25) is 9.59 Å². The number of aryl methyl sites for hydroxylation is 1. The molecule has 6 nitrogen and oxygen atoms in total. The first kappa shape index (κ1) is 23.2. The molecule has 1 aromatic carbocycles. The van der Waals surface area contributed by atoms with Crippen molar-refractivity contribution in [1.82, 2.24) is 4.90 Å². The van der Waals surface area contributed by atoms with E-state index >= 15 is 0 Å². The Kier molecular flexibility index (Phi) is 7.33. The highest BCUT2D eigenvalue weighted by Gasteiger charge is 2.26. The predicted octanol–water partition coefficient (Wildman–Crippen LogP) is 3.32. The van der Waals surface area contributed by atoms with Gasteiger partial charge in [0.25, 0.3) is 5.91 Å². The Morgan fingerprint density at radius 1 is 1.03 bits per heavy atom. The maximum atomic E-state index is 12.2. The van der Waals surface area contributed by atoms with E-state index in [1.54, 1.807) is 4.90 Å². The number of ether oxygens (including phenoxy) is 2. The molecular formula is C23H35NO5. The van der Waals surface area contributed by atoms with Crippen LogP contribution in [0.5, 0.6) is 5.75 Å². The number of aromatic hydroxyl groups is 1. The number of esters is 1. The Morgan fingerprint density at radius 2 is 1.55 bits per heavy atom. The highest BCUT2D eigenvalue weighted by molar-refractivity contribution is 5.80. The fourth-order valence-electron chi connectivity index (χ4n) is 3.35. The molecular weight excluding hydrogens is 370 g/mol. The summed E-state index contributed by atoms with van der Waals surface area (Å²) in [6.45, 7) is 14.2. The monoisotopic (exact) mass is 405 g/mol. The number of nitrogens with zero attached hydrogens (tertiary/aromatic N) is 1. The van der Waals surface area contributed by atoms with E-state index in [4.69, 9.17) is 9.47 Å². The second-order valence-electron chi connectivity index (χ2n) is 9.69. The third-order valence-electron chi connectivity index (χ3n) is 5.12. The average molecular weight is 406 g/mol. The van der Waals surface area contributed by atoms with E-state index in [1.165, 1.54) is 0 Å². The number of carbonyl (C=O) groups is 2. The van der Waals surface area contributed by atoms with E-state index in [0.29, 0.717) is 38.5 Å². The van der Waals surface area contributed by atoms with Crippen LogP contribution >= 0.6 is 0 Å². The lowest BCUT2D eigenvalue weighted by atomic mass is 9.78. The van der Waals surface area contributed by atoms with Crippen LogP contribution < -0.4 is 0 Å². The first-order chi connectivity index (χ1) is 13.4. The van der Waals surface area contributed by atoms with E-state index in [2.05, 4.69) is 41.5 Å². The molecule has 0 radical (unpaired) electrons. The predicted molar refractivity (Wildman–Crippen MR) is 112 cm³/mol. The minimum Gasteiger partial charge on any atom is -0.507 e. The molecule has 29 heavy (non-hydrogen) atoms. The standard InChI is InChI=1S/C23H35NO5/c1-22(2,3)17-13-16(14-18(21(17)27)23(4,5)6)7-8-20(26)29-15-19(25)24-9-11-28-12-10-24/h13-14,27H,7-12,15H2,1-6H3. The molecule has 0 unspecified atom stereocenters. The van der Waals surface area contributed by atoms with Crippen molar-refractivity contribution in [2.75, 3.05) is 32.9 Å². The molecule has 0 spiro atoms. The van der Waals surface area contributed by atoms with E-state index in [9.17, 15) is 14.7 Å². The summed E-state index contributed by atoms with van der Waals surface area (Å²) in [5.74, 6) is -0.252. The summed E-state index contributed by atoms with van der Waals surface area (Å²) in [6, 6.07) is 3.94. The van der Waals surface area contributed by atoms with E-state index in [-0.39, 0.29) is 29.8 Å². The Balaban J connectivity index is 2.02. The number of phenols is 1. The van der Waals surface area contributed by atoms with Gasteiger partial charge in [0.15, 0.2) is 6.61 Å². The molecule has 0 aliphatic carbocycles. The second-order valence-corrected chi connectivity index (χ2v) is 9.69. The summed E-state index contributed by atoms with van der Waals surface area (Å²) < 4.78 is 10.4. The SMILES string of the molecule is CC(C)(C)c1cc(CCC(=O)OCC(=O)N2CCOCC2)cc(C(C)(C)C)c1O. The van der Waals surface area contributed by atoms with Crippen molar-refractivity contribution < 1.29 is 24.2 Å². The lowest BCUT2D eigenvalue weighted by molar-refractivity contribution is -0.153. The van der Waals surface area contributed by atoms with Crippen molar-refractivity contribution >= 4 is 11.9 Å². The van der Waals surface area contributed by atoms with Crippen LogP contribution in [0.4, 0.5) is 0 Å². The molecule has 1 N–H and O–H groups in total. The molecule has 1 heterocycles. The number of morpholine rings is 1.